The molecule has 0 bridgehead atoms. The van der Waals surface area contributed by atoms with Crippen LogP contribution in [0, 0.1) is 5.92 Å². The standard InChI is InChI=1S/C11H18N2O3/c1-3-6-12-9(14)10(15)13-7-11(2,16)8-4-5-8/h3,8,16H,1,4-7H2,2H3,(H,12,14)(H,13,15). The quantitative estimate of drug-likeness (QED) is 0.439. The summed E-state index contributed by atoms with van der Waals surface area (Å²) in [4.78, 5) is 22.4. The zero-order valence-corrected chi connectivity index (χ0v) is 9.45. The summed E-state index contributed by atoms with van der Waals surface area (Å²) in [5.74, 6) is -1.18. The highest BCUT2D eigenvalue weighted by Crippen LogP contribution is 2.38. The van der Waals surface area contributed by atoms with Crippen molar-refractivity contribution in [1.29, 1.82) is 0 Å². The number of carbonyl (C=O) groups excluding carboxylic acids is 2. The molecule has 5 nitrogen and oxygen atoms in total. The van der Waals surface area contributed by atoms with Crippen LogP contribution in [0.3, 0.4) is 0 Å². The minimum atomic E-state index is -0.908. The molecule has 1 rings (SSSR count). The van der Waals surface area contributed by atoms with Crippen LogP contribution in [-0.2, 0) is 9.59 Å². The Kier molecular flexibility index (Phi) is 4.06. The van der Waals surface area contributed by atoms with Crippen LogP contribution in [0.25, 0.3) is 0 Å². The van der Waals surface area contributed by atoms with E-state index in [-0.39, 0.29) is 19.0 Å². The summed E-state index contributed by atoms with van der Waals surface area (Å²) in [6.07, 6.45) is 3.45. The van der Waals surface area contributed by atoms with Gasteiger partial charge in [-0.2, -0.15) is 0 Å². The van der Waals surface area contributed by atoms with E-state index in [9.17, 15) is 14.7 Å². The van der Waals surface area contributed by atoms with Gasteiger partial charge in [-0.05, 0) is 25.7 Å². The fraction of sp³-hybridized carbons (Fsp3) is 0.636. The van der Waals surface area contributed by atoms with Crippen molar-refractivity contribution in [2.75, 3.05) is 13.1 Å². The molecule has 5 heteroatoms. The molecule has 1 fully saturated rings. The first-order valence-electron chi connectivity index (χ1n) is 5.36. The molecule has 0 aromatic heterocycles. The van der Waals surface area contributed by atoms with Gasteiger partial charge in [0.2, 0.25) is 0 Å². The normalized spacial score (nSPS) is 18.4. The molecule has 1 aliphatic carbocycles. The number of nitrogens with one attached hydrogen (secondary N) is 2. The Labute approximate surface area is 94.9 Å². The zero-order valence-electron chi connectivity index (χ0n) is 9.45. The molecule has 0 aromatic carbocycles. The molecular formula is C11H18N2O3. The fourth-order valence-electron chi connectivity index (χ4n) is 1.43. The number of amides is 2. The van der Waals surface area contributed by atoms with Gasteiger partial charge in [-0.15, -0.1) is 6.58 Å². The van der Waals surface area contributed by atoms with Gasteiger partial charge in [-0.1, -0.05) is 6.08 Å². The molecule has 1 atom stereocenters. The Morgan fingerprint density at radius 1 is 1.44 bits per heavy atom. The lowest BCUT2D eigenvalue weighted by Gasteiger charge is -2.22. The maximum atomic E-state index is 11.3. The predicted molar refractivity (Wildman–Crippen MR) is 59.6 cm³/mol. The van der Waals surface area contributed by atoms with Gasteiger partial charge in [-0.3, -0.25) is 9.59 Å². The van der Waals surface area contributed by atoms with E-state index in [4.69, 9.17) is 0 Å². The minimum Gasteiger partial charge on any atom is -0.388 e. The van der Waals surface area contributed by atoms with E-state index in [1.54, 1.807) is 6.92 Å². The van der Waals surface area contributed by atoms with Crippen LogP contribution in [0.2, 0.25) is 0 Å². The van der Waals surface area contributed by atoms with E-state index >= 15 is 0 Å². The fourth-order valence-corrected chi connectivity index (χ4v) is 1.43. The maximum Gasteiger partial charge on any atom is 0.309 e. The zero-order chi connectivity index (χ0) is 12.2. The second-order valence-electron chi connectivity index (χ2n) is 4.31. The van der Waals surface area contributed by atoms with Crippen LogP contribution in [0.4, 0.5) is 0 Å². The second kappa shape index (κ2) is 5.12. The summed E-state index contributed by atoms with van der Waals surface area (Å²) in [6, 6.07) is 0. The van der Waals surface area contributed by atoms with Crippen molar-refractivity contribution in [2.45, 2.75) is 25.4 Å². The SMILES string of the molecule is C=CCNC(=O)C(=O)NCC(C)(O)C1CC1. The summed E-state index contributed by atoms with van der Waals surface area (Å²) in [6.45, 7) is 5.46. The van der Waals surface area contributed by atoms with Crippen LogP contribution in [0.5, 0.6) is 0 Å². The van der Waals surface area contributed by atoms with Gasteiger partial charge in [0.25, 0.3) is 0 Å². The minimum absolute atomic E-state index is 0.109. The molecule has 2 amide bonds. The van der Waals surface area contributed by atoms with Crippen molar-refractivity contribution >= 4 is 11.8 Å². The Balaban J connectivity index is 2.28. The molecule has 0 aliphatic heterocycles. The predicted octanol–water partition coefficient (Wildman–Crippen LogP) is -0.434. The molecule has 0 spiro atoms. The molecule has 1 saturated carbocycles. The Morgan fingerprint density at radius 3 is 2.50 bits per heavy atom. The number of rotatable bonds is 5. The van der Waals surface area contributed by atoms with Gasteiger partial charge in [-0.25, -0.2) is 0 Å². The van der Waals surface area contributed by atoms with Crippen molar-refractivity contribution in [3.8, 4) is 0 Å². The van der Waals surface area contributed by atoms with Crippen molar-refractivity contribution < 1.29 is 14.7 Å². The van der Waals surface area contributed by atoms with Crippen molar-refractivity contribution in [3.05, 3.63) is 12.7 Å². The average Bonchev–Trinajstić information content (AvgIpc) is 3.06. The highest BCUT2D eigenvalue weighted by molar-refractivity contribution is 6.35. The molecule has 3 N–H and O–H groups in total. The van der Waals surface area contributed by atoms with E-state index in [2.05, 4.69) is 17.2 Å². The van der Waals surface area contributed by atoms with Gasteiger partial charge in [0.1, 0.15) is 0 Å². The highest BCUT2D eigenvalue weighted by atomic mass is 16.3. The average molecular weight is 226 g/mol. The molecule has 0 aromatic rings. The highest BCUT2D eigenvalue weighted by Gasteiger charge is 2.40. The molecule has 1 unspecified atom stereocenters. The molecule has 0 radical (unpaired) electrons. The Morgan fingerprint density at radius 2 is 2.00 bits per heavy atom. The molecule has 0 heterocycles. The topological polar surface area (TPSA) is 78.4 Å². The molecule has 16 heavy (non-hydrogen) atoms. The first-order valence-corrected chi connectivity index (χ1v) is 5.36. The summed E-state index contributed by atoms with van der Waals surface area (Å²) < 4.78 is 0. The summed E-state index contributed by atoms with van der Waals surface area (Å²) in [7, 11) is 0. The van der Waals surface area contributed by atoms with Crippen molar-refractivity contribution in [1.82, 2.24) is 10.6 Å². The van der Waals surface area contributed by atoms with Gasteiger partial charge in [0.05, 0.1) is 5.60 Å². The Hall–Kier alpha value is -1.36. The number of hydrogen-bond donors (Lipinski definition) is 3. The van der Waals surface area contributed by atoms with E-state index in [1.165, 1.54) is 6.08 Å². The lowest BCUT2D eigenvalue weighted by Crippen LogP contribution is -2.47. The van der Waals surface area contributed by atoms with Gasteiger partial charge < -0.3 is 15.7 Å². The van der Waals surface area contributed by atoms with E-state index in [0.29, 0.717) is 0 Å². The molecule has 1 aliphatic rings. The third-order valence-electron chi connectivity index (χ3n) is 2.68. The third-order valence-corrected chi connectivity index (χ3v) is 2.68. The first kappa shape index (κ1) is 12.7. The van der Waals surface area contributed by atoms with E-state index < -0.39 is 17.4 Å². The van der Waals surface area contributed by atoms with Crippen LogP contribution in [0.1, 0.15) is 19.8 Å². The van der Waals surface area contributed by atoms with Crippen molar-refractivity contribution in [2.24, 2.45) is 5.92 Å². The smallest absolute Gasteiger partial charge is 0.309 e. The van der Waals surface area contributed by atoms with Crippen LogP contribution in [0.15, 0.2) is 12.7 Å². The van der Waals surface area contributed by atoms with Gasteiger partial charge in [0.15, 0.2) is 0 Å². The molecular weight excluding hydrogens is 208 g/mol. The molecule has 0 saturated heterocycles. The van der Waals surface area contributed by atoms with Crippen LogP contribution in [-0.4, -0.2) is 35.6 Å². The Bertz CT molecular complexity index is 296. The summed E-state index contributed by atoms with van der Waals surface area (Å²) >= 11 is 0. The first-order chi connectivity index (χ1) is 7.47. The summed E-state index contributed by atoms with van der Waals surface area (Å²) in [5.41, 5.74) is -0.908. The van der Waals surface area contributed by atoms with Gasteiger partial charge in [0, 0.05) is 13.1 Å². The van der Waals surface area contributed by atoms with Gasteiger partial charge >= 0.3 is 11.8 Å². The number of hydrogen-bond acceptors (Lipinski definition) is 3. The lowest BCUT2D eigenvalue weighted by atomic mass is 10.0. The monoisotopic (exact) mass is 226 g/mol. The van der Waals surface area contributed by atoms with Crippen LogP contribution >= 0.6 is 0 Å². The molecule has 90 valence electrons. The third kappa shape index (κ3) is 3.66. The largest absolute Gasteiger partial charge is 0.388 e. The summed E-state index contributed by atoms with van der Waals surface area (Å²) in [5, 5.41) is 14.7. The number of carbonyl (C=O) groups is 2. The van der Waals surface area contributed by atoms with E-state index in [0.717, 1.165) is 12.8 Å². The number of aliphatic hydroxyl groups is 1. The van der Waals surface area contributed by atoms with E-state index in [1.807, 2.05) is 0 Å². The maximum absolute atomic E-state index is 11.3. The lowest BCUT2D eigenvalue weighted by molar-refractivity contribution is -0.139. The second-order valence-corrected chi connectivity index (χ2v) is 4.31. The van der Waals surface area contributed by atoms with Crippen molar-refractivity contribution in [3.63, 3.8) is 0 Å². The van der Waals surface area contributed by atoms with Crippen LogP contribution < -0.4 is 10.6 Å².